The summed E-state index contributed by atoms with van der Waals surface area (Å²) in [5.74, 6) is -0.344. The number of fused-ring (bicyclic) bond motifs is 1. The van der Waals surface area contributed by atoms with E-state index in [-0.39, 0.29) is 5.91 Å². The molecule has 2 N–H and O–H groups in total. The van der Waals surface area contributed by atoms with E-state index in [1.54, 1.807) is 11.0 Å². The molecule has 1 aliphatic carbocycles. The van der Waals surface area contributed by atoms with Gasteiger partial charge in [0.1, 0.15) is 11.9 Å². The average molecular weight is 245 g/mol. The molecule has 18 heavy (non-hydrogen) atoms. The minimum atomic E-state index is -1.22. The maximum Gasteiger partial charge on any atom is 0.270 e. The molecule has 0 radical (unpaired) electrons. The highest BCUT2D eigenvalue weighted by atomic mass is 16.3. The van der Waals surface area contributed by atoms with E-state index in [4.69, 9.17) is 0 Å². The molecule has 0 atom stereocenters. The molecule has 1 heterocycles. The third kappa shape index (κ3) is 1.76. The SMILES string of the molecule is O=C(Nn1cnc2ccccc21)C1(O)CCCC1. The lowest BCUT2D eigenvalue weighted by Crippen LogP contribution is -2.43. The van der Waals surface area contributed by atoms with E-state index in [1.165, 1.54) is 0 Å². The summed E-state index contributed by atoms with van der Waals surface area (Å²) in [6.45, 7) is 0. The van der Waals surface area contributed by atoms with Crippen molar-refractivity contribution in [2.24, 2.45) is 0 Å². The van der Waals surface area contributed by atoms with Crippen LogP contribution in [0.25, 0.3) is 11.0 Å². The van der Waals surface area contributed by atoms with Crippen LogP contribution >= 0.6 is 0 Å². The number of hydrogen-bond donors (Lipinski definition) is 2. The van der Waals surface area contributed by atoms with E-state index in [0.29, 0.717) is 12.8 Å². The Bertz CT molecular complexity index is 585. The molecule has 3 rings (SSSR count). The fourth-order valence-corrected chi connectivity index (χ4v) is 2.45. The van der Waals surface area contributed by atoms with Gasteiger partial charge in [-0.3, -0.25) is 10.2 Å². The first kappa shape index (κ1) is 11.2. The molecule has 1 fully saturated rings. The van der Waals surface area contributed by atoms with E-state index < -0.39 is 5.60 Å². The molecule has 5 nitrogen and oxygen atoms in total. The smallest absolute Gasteiger partial charge is 0.270 e. The van der Waals surface area contributed by atoms with Crippen LogP contribution in [0.15, 0.2) is 30.6 Å². The first-order chi connectivity index (χ1) is 8.69. The zero-order valence-corrected chi connectivity index (χ0v) is 9.97. The van der Waals surface area contributed by atoms with Crippen LogP contribution in [-0.4, -0.2) is 26.3 Å². The van der Waals surface area contributed by atoms with Crippen molar-refractivity contribution < 1.29 is 9.90 Å². The second kappa shape index (κ2) is 4.10. The first-order valence-corrected chi connectivity index (χ1v) is 6.15. The summed E-state index contributed by atoms with van der Waals surface area (Å²) in [5.41, 5.74) is 3.14. The van der Waals surface area contributed by atoms with Crippen molar-refractivity contribution in [1.29, 1.82) is 0 Å². The lowest BCUT2D eigenvalue weighted by molar-refractivity contribution is -0.134. The number of nitrogens with zero attached hydrogens (tertiary/aromatic N) is 2. The number of rotatable bonds is 2. The van der Waals surface area contributed by atoms with Gasteiger partial charge in [-0.2, -0.15) is 0 Å². The number of hydrogen-bond acceptors (Lipinski definition) is 3. The lowest BCUT2D eigenvalue weighted by atomic mass is 10.0. The highest BCUT2D eigenvalue weighted by molar-refractivity contribution is 5.93. The zero-order valence-electron chi connectivity index (χ0n) is 9.97. The van der Waals surface area contributed by atoms with Crippen molar-refractivity contribution in [2.45, 2.75) is 31.3 Å². The maximum absolute atomic E-state index is 12.1. The van der Waals surface area contributed by atoms with Gasteiger partial charge in [0.05, 0.1) is 11.0 Å². The number of amides is 1. The number of nitrogens with one attached hydrogen (secondary N) is 1. The Hall–Kier alpha value is -1.88. The molecule has 0 unspecified atom stereocenters. The van der Waals surface area contributed by atoms with Crippen molar-refractivity contribution in [3.8, 4) is 0 Å². The number of imidazole rings is 1. The normalized spacial score (nSPS) is 18.1. The molecule has 1 amide bonds. The van der Waals surface area contributed by atoms with E-state index in [1.807, 2.05) is 24.3 Å². The lowest BCUT2D eigenvalue weighted by Gasteiger charge is -2.21. The summed E-state index contributed by atoms with van der Waals surface area (Å²) in [6, 6.07) is 7.53. The Balaban J connectivity index is 1.86. The van der Waals surface area contributed by atoms with E-state index in [0.717, 1.165) is 23.9 Å². The molecule has 0 spiro atoms. The van der Waals surface area contributed by atoms with Crippen LogP contribution in [0, 0.1) is 0 Å². The molecule has 1 aliphatic rings. The van der Waals surface area contributed by atoms with Gasteiger partial charge in [-0.05, 0) is 37.8 Å². The Kier molecular flexibility index (Phi) is 2.56. The van der Waals surface area contributed by atoms with E-state index >= 15 is 0 Å². The number of para-hydroxylation sites is 2. The molecule has 5 heteroatoms. The summed E-state index contributed by atoms with van der Waals surface area (Å²) in [7, 11) is 0. The number of aromatic nitrogens is 2. The summed E-state index contributed by atoms with van der Waals surface area (Å²) in [4.78, 5) is 16.3. The largest absolute Gasteiger partial charge is 0.380 e. The van der Waals surface area contributed by atoms with Crippen LogP contribution in [-0.2, 0) is 4.79 Å². The fraction of sp³-hybridized carbons (Fsp3) is 0.385. The first-order valence-electron chi connectivity index (χ1n) is 6.15. The second-order valence-corrected chi connectivity index (χ2v) is 4.78. The van der Waals surface area contributed by atoms with Crippen LogP contribution in [0.3, 0.4) is 0 Å². The van der Waals surface area contributed by atoms with Crippen molar-refractivity contribution in [3.63, 3.8) is 0 Å². The minimum Gasteiger partial charge on any atom is -0.380 e. The summed E-state index contributed by atoms with van der Waals surface area (Å²) >= 11 is 0. The monoisotopic (exact) mass is 245 g/mol. The molecular weight excluding hydrogens is 230 g/mol. The Morgan fingerprint density at radius 2 is 2.06 bits per heavy atom. The van der Waals surface area contributed by atoms with Gasteiger partial charge in [0.15, 0.2) is 0 Å². The third-order valence-corrected chi connectivity index (χ3v) is 3.53. The van der Waals surface area contributed by atoms with Gasteiger partial charge in [-0.25, -0.2) is 9.66 Å². The highest BCUT2D eigenvalue weighted by Gasteiger charge is 2.39. The van der Waals surface area contributed by atoms with Gasteiger partial charge in [0.2, 0.25) is 0 Å². The Morgan fingerprint density at radius 3 is 2.83 bits per heavy atom. The summed E-state index contributed by atoms with van der Waals surface area (Å²) in [5, 5.41) is 10.2. The average Bonchev–Trinajstić information content (AvgIpc) is 2.98. The molecule has 1 saturated carbocycles. The predicted octanol–water partition coefficient (Wildman–Crippen LogP) is 1.41. The fourth-order valence-electron chi connectivity index (χ4n) is 2.45. The minimum absolute atomic E-state index is 0.344. The van der Waals surface area contributed by atoms with E-state index in [2.05, 4.69) is 10.4 Å². The van der Waals surface area contributed by atoms with Gasteiger partial charge in [0.25, 0.3) is 5.91 Å². The summed E-state index contributed by atoms with van der Waals surface area (Å²) < 4.78 is 1.56. The second-order valence-electron chi connectivity index (χ2n) is 4.78. The van der Waals surface area contributed by atoms with Gasteiger partial charge in [0, 0.05) is 0 Å². The van der Waals surface area contributed by atoms with Crippen molar-refractivity contribution in [3.05, 3.63) is 30.6 Å². The van der Waals surface area contributed by atoms with Crippen molar-refractivity contribution >= 4 is 16.9 Å². The number of carbonyl (C=O) groups is 1. The van der Waals surface area contributed by atoms with Crippen LogP contribution in [0.4, 0.5) is 0 Å². The molecular formula is C13H15N3O2. The van der Waals surface area contributed by atoms with Gasteiger partial charge >= 0.3 is 0 Å². The molecule has 94 valence electrons. The number of aliphatic hydroxyl groups is 1. The van der Waals surface area contributed by atoms with Crippen LogP contribution in [0.5, 0.6) is 0 Å². The van der Waals surface area contributed by atoms with Gasteiger partial charge < -0.3 is 5.11 Å². The maximum atomic E-state index is 12.1. The standard InChI is InChI=1S/C13H15N3O2/c17-12(13(18)7-3-4-8-13)15-16-9-14-10-5-1-2-6-11(10)16/h1-2,5-6,9,18H,3-4,7-8H2,(H,15,17). The molecule has 2 aromatic rings. The number of benzene rings is 1. The van der Waals surface area contributed by atoms with Gasteiger partial charge in [-0.1, -0.05) is 12.1 Å². The summed E-state index contributed by atoms with van der Waals surface area (Å²) in [6.07, 6.45) is 4.42. The number of carbonyl (C=O) groups excluding carboxylic acids is 1. The van der Waals surface area contributed by atoms with Crippen LogP contribution in [0.1, 0.15) is 25.7 Å². The molecule has 0 saturated heterocycles. The van der Waals surface area contributed by atoms with Gasteiger partial charge in [-0.15, -0.1) is 0 Å². The van der Waals surface area contributed by atoms with E-state index in [9.17, 15) is 9.90 Å². The molecule has 1 aromatic carbocycles. The highest BCUT2D eigenvalue weighted by Crippen LogP contribution is 2.29. The zero-order chi connectivity index (χ0) is 12.6. The topological polar surface area (TPSA) is 67.2 Å². The quantitative estimate of drug-likeness (QED) is 0.840. The molecule has 1 aromatic heterocycles. The van der Waals surface area contributed by atoms with Crippen LogP contribution < -0.4 is 5.43 Å². The Morgan fingerprint density at radius 1 is 1.33 bits per heavy atom. The van der Waals surface area contributed by atoms with Crippen molar-refractivity contribution in [1.82, 2.24) is 9.66 Å². The predicted molar refractivity (Wildman–Crippen MR) is 67.5 cm³/mol. The van der Waals surface area contributed by atoms with Crippen LogP contribution in [0.2, 0.25) is 0 Å². The van der Waals surface area contributed by atoms with Crippen molar-refractivity contribution in [2.75, 3.05) is 5.43 Å². The molecule has 0 aliphatic heterocycles. The third-order valence-electron chi connectivity index (χ3n) is 3.53. The molecule has 0 bridgehead atoms. The Labute approximate surface area is 104 Å².